The van der Waals surface area contributed by atoms with Crippen LogP contribution < -0.4 is 5.32 Å². The van der Waals surface area contributed by atoms with E-state index in [2.05, 4.69) is 15.2 Å². The number of nitrogens with zero attached hydrogens (tertiary/aromatic N) is 2. The van der Waals surface area contributed by atoms with Crippen molar-refractivity contribution in [3.8, 4) is 0 Å². The number of carbonyl (C=O) groups is 1. The summed E-state index contributed by atoms with van der Waals surface area (Å²) in [5.41, 5.74) is 0.880. The second kappa shape index (κ2) is 9.43. The quantitative estimate of drug-likeness (QED) is 0.570. The lowest BCUT2D eigenvalue weighted by atomic mass is 10.1. The van der Waals surface area contributed by atoms with E-state index in [1.54, 1.807) is 19.1 Å². The molecule has 0 aliphatic carbocycles. The highest BCUT2D eigenvalue weighted by atomic mass is 32.1. The molecule has 0 bridgehead atoms. The van der Waals surface area contributed by atoms with Crippen molar-refractivity contribution < 1.29 is 27.1 Å². The molecule has 10 heteroatoms. The molecule has 1 aliphatic rings. The number of anilines is 1. The van der Waals surface area contributed by atoms with Crippen molar-refractivity contribution in [2.24, 2.45) is 0 Å². The smallest absolute Gasteiger partial charge is 0.416 e. The van der Waals surface area contributed by atoms with E-state index in [1.807, 2.05) is 0 Å². The molecule has 1 fully saturated rings. The van der Waals surface area contributed by atoms with E-state index >= 15 is 0 Å². The van der Waals surface area contributed by atoms with Gasteiger partial charge in [-0.25, -0.2) is 4.98 Å². The van der Waals surface area contributed by atoms with Crippen molar-refractivity contribution in [3.63, 3.8) is 0 Å². The Hall–Kier alpha value is -2.69. The lowest BCUT2D eigenvalue weighted by Gasteiger charge is -2.25. The Morgan fingerprint density at radius 3 is 2.78 bits per heavy atom. The van der Waals surface area contributed by atoms with Gasteiger partial charge in [0.2, 0.25) is 0 Å². The number of amides is 1. The fraction of sp³-hybridized carbons (Fsp3) is 0.364. The van der Waals surface area contributed by atoms with E-state index in [1.165, 1.54) is 23.7 Å². The monoisotopic (exact) mass is 465 g/mol. The van der Waals surface area contributed by atoms with Crippen LogP contribution in [0.15, 0.2) is 41.0 Å². The van der Waals surface area contributed by atoms with Crippen LogP contribution in [0, 0.1) is 6.92 Å². The number of furan rings is 1. The molecule has 1 amide bonds. The molecular formula is C22H22F3N3O3S. The van der Waals surface area contributed by atoms with Gasteiger partial charge in [0.1, 0.15) is 10.8 Å². The SMILES string of the molecule is Cc1nc(Cc2cccc(C(F)(F)F)c2)sc1NC(=O)c1ccoc1CN1CCOCC1. The van der Waals surface area contributed by atoms with Crippen LogP contribution in [-0.4, -0.2) is 42.1 Å². The highest BCUT2D eigenvalue weighted by molar-refractivity contribution is 7.16. The van der Waals surface area contributed by atoms with Crippen LogP contribution in [0.25, 0.3) is 0 Å². The Bertz CT molecular complexity index is 1090. The van der Waals surface area contributed by atoms with E-state index in [0.29, 0.717) is 52.3 Å². The highest BCUT2D eigenvalue weighted by Crippen LogP contribution is 2.31. The number of benzene rings is 1. The first-order valence-electron chi connectivity index (χ1n) is 10.1. The van der Waals surface area contributed by atoms with E-state index in [4.69, 9.17) is 9.15 Å². The molecule has 0 unspecified atom stereocenters. The van der Waals surface area contributed by atoms with Crippen LogP contribution in [0.3, 0.4) is 0 Å². The van der Waals surface area contributed by atoms with Crippen LogP contribution >= 0.6 is 11.3 Å². The van der Waals surface area contributed by atoms with Crippen LogP contribution in [-0.2, 0) is 23.9 Å². The molecule has 0 spiro atoms. The van der Waals surface area contributed by atoms with Gasteiger partial charge in [0.05, 0.1) is 47.9 Å². The molecular weight excluding hydrogens is 443 g/mol. The third-order valence-corrected chi connectivity index (χ3v) is 6.21. The molecule has 1 aliphatic heterocycles. The van der Waals surface area contributed by atoms with Crippen molar-refractivity contribution in [2.45, 2.75) is 26.1 Å². The number of thiazole rings is 1. The second-order valence-electron chi connectivity index (χ2n) is 7.50. The number of ether oxygens (including phenoxy) is 1. The predicted octanol–water partition coefficient (Wildman–Crippen LogP) is 4.74. The van der Waals surface area contributed by atoms with Gasteiger partial charge < -0.3 is 14.5 Å². The number of carbonyl (C=O) groups excluding carboxylic acids is 1. The summed E-state index contributed by atoms with van der Waals surface area (Å²) in [5.74, 6) is 0.273. The number of morpholine rings is 1. The topological polar surface area (TPSA) is 67.6 Å². The van der Waals surface area contributed by atoms with Crippen molar-refractivity contribution in [1.29, 1.82) is 0 Å². The summed E-state index contributed by atoms with van der Waals surface area (Å²) in [5, 5.41) is 4.05. The first kappa shape index (κ1) is 22.5. The van der Waals surface area contributed by atoms with E-state index < -0.39 is 11.7 Å². The summed E-state index contributed by atoms with van der Waals surface area (Å²) in [6, 6.07) is 6.81. The van der Waals surface area contributed by atoms with Gasteiger partial charge in [0, 0.05) is 19.5 Å². The lowest BCUT2D eigenvalue weighted by molar-refractivity contribution is -0.137. The van der Waals surface area contributed by atoms with Crippen molar-refractivity contribution in [2.75, 3.05) is 31.6 Å². The number of alkyl halides is 3. The highest BCUT2D eigenvalue weighted by Gasteiger charge is 2.30. The zero-order chi connectivity index (χ0) is 22.7. The molecule has 6 nitrogen and oxygen atoms in total. The number of hydrogen-bond donors (Lipinski definition) is 1. The van der Waals surface area contributed by atoms with Gasteiger partial charge in [0.15, 0.2) is 0 Å². The molecule has 3 aromatic rings. The van der Waals surface area contributed by atoms with Gasteiger partial charge in [-0.05, 0) is 24.6 Å². The van der Waals surface area contributed by atoms with Gasteiger partial charge in [0.25, 0.3) is 5.91 Å². The molecule has 3 heterocycles. The maximum Gasteiger partial charge on any atom is 0.416 e. The van der Waals surface area contributed by atoms with Gasteiger partial charge in [-0.3, -0.25) is 9.69 Å². The fourth-order valence-corrected chi connectivity index (χ4v) is 4.47. The maximum atomic E-state index is 13.0. The standard InChI is InChI=1S/C22H22F3N3O3S/c1-14-21(32-19(26-14)12-15-3-2-4-16(11-15)22(23,24)25)27-20(29)17-5-8-31-18(17)13-28-6-9-30-10-7-28/h2-5,8,11H,6-7,9-10,12-13H2,1H3,(H,27,29). The predicted molar refractivity (Wildman–Crippen MR) is 114 cm³/mol. The number of aromatic nitrogens is 1. The third kappa shape index (κ3) is 5.37. The molecule has 1 aromatic carbocycles. The Morgan fingerprint density at radius 1 is 1.25 bits per heavy atom. The number of aryl methyl sites for hydroxylation is 1. The molecule has 1 N–H and O–H groups in total. The van der Waals surface area contributed by atoms with Crippen LogP contribution in [0.5, 0.6) is 0 Å². The minimum atomic E-state index is -4.39. The average Bonchev–Trinajstić information content (AvgIpc) is 3.35. The van der Waals surface area contributed by atoms with Crippen LogP contribution in [0.4, 0.5) is 18.2 Å². The summed E-state index contributed by atoms with van der Waals surface area (Å²) >= 11 is 1.25. The summed E-state index contributed by atoms with van der Waals surface area (Å²) in [6.07, 6.45) is -2.65. The van der Waals surface area contributed by atoms with Gasteiger partial charge in [-0.15, -0.1) is 11.3 Å². The largest absolute Gasteiger partial charge is 0.467 e. The molecule has 4 rings (SSSR count). The van der Waals surface area contributed by atoms with Crippen molar-refractivity contribution in [3.05, 3.63) is 69.7 Å². The maximum absolute atomic E-state index is 13.0. The minimum Gasteiger partial charge on any atom is -0.467 e. The normalized spacial score (nSPS) is 15.1. The number of nitrogens with one attached hydrogen (secondary N) is 1. The minimum absolute atomic E-state index is 0.249. The number of hydrogen-bond acceptors (Lipinski definition) is 6. The fourth-order valence-electron chi connectivity index (χ4n) is 3.47. The summed E-state index contributed by atoms with van der Waals surface area (Å²) in [7, 11) is 0. The lowest BCUT2D eigenvalue weighted by Crippen LogP contribution is -2.36. The number of halogens is 3. The van der Waals surface area contributed by atoms with Crippen molar-refractivity contribution in [1.82, 2.24) is 9.88 Å². The Balaban J connectivity index is 1.44. The van der Waals surface area contributed by atoms with Gasteiger partial charge in [-0.1, -0.05) is 18.2 Å². The van der Waals surface area contributed by atoms with E-state index in [0.717, 1.165) is 25.2 Å². The zero-order valence-corrected chi connectivity index (χ0v) is 18.2. The van der Waals surface area contributed by atoms with Gasteiger partial charge >= 0.3 is 6.18 Å². The first-order chi connectivity index (χ1) is 15.3. The van der Waals surface area contributed by atoms with E-state index in [-0.39, 0.29) is 12.3 Å². The van der Waals surface area contributed by atoms with Crippen LogP contribution in [0.2, 0.25) is 0 Å². The third-order valence-electron chi connectivity index (χ3n) is 5.14. The van der Waals surface area contributed by atoms with Crippen molar-refractivity contribution >= 4 is 22.2 Å². The second-order valence-corrected chi connectivity index (χ2v) is 8.58. The molecule has 1 saturated heterocycles. The van der Waals surface area contributed by atoms with Gasteiger partial charge in [-0.2, -0.15) is 13.2 Å². The molecule has 0 atom stereocenters. The Labute approximate surface area is 187 Å². The molecule has 2 aromatic heterocycles. The van der Waals surface area contributed by atoms with Crippen LogP contribution in [0.1, 0.15) is 37.9 Å². The Morgan fingerprint density at radius 2 is 2.03 bits per heavy atom. The van der Waals surface area contributed by atoms with E-state index in [9.17, 15) is 18.0 Å². The zero-order valence-electron chi connectivity index (χ0n) is 17.4. The first-order valence-corrected chi connectivity index (χ1v) is 10.9. The molecule has 0 saturated carbocycles. The average molecular weight is 465 g/mol. The Kier molecular flexibility index (Phi) is 6.63. The summed E-state index contributed by atoms with van der Waals surface area (Å²) in [6.45, 7) is 5.12. The molecule has 32 heavy (non-hydrogen) atoms. The summed E-state index contributed by atoms with van der Waals surface area (Å²) < 4.78 is 49.7. The molecule has 170 valence electrons. The molecule has 0 radical (unpaired) electrons. The number of rotatable bonds is 6. The summed E-state index contributed by atoms with van der Waals surface area (Å²) in [4.78, 5) is 19.4.